The van der Waals surface area contributed by atoms with Crippen LogP contribution in [0, 0.1) is 23.2 Å². The minimum Gasteiger partial charge on any atom is -0.384 e. The Morgan fingerprint density at radius 3 is 2.67 bits per heavy atom. The van der Waals surface area contributed by atoms with Crippen molar-refractivity contribution in [3.05, 3.63) is 21.9 Å². The Bertz CT molecular complexity index is 551. The van der Waals surface area contributed by atoms with E-state index in [2.05, 4.69) is 32.6 Å². The number of aliphatic hydroxyl groups is 1. The van der Waals surface area contributed by atoms with E-state index < -0.39 is 0 Å². The van der Waals surface area contributed by atoms with E-state index in [0.717, 1.165) is 36.4 Å². The van der Waals surface area contributed by atoms with Gasteiger partial charge in [0.1, 0.15) is 6.61 Å². The van der Waals surface area contributed by atoms with E-state index in [0.29, 0.717) is 11.3 Å². The summed E-state index contributed by atoms with van der Waals surface area (Å²) >= 11 is 1.45. The molecule has 1 aromatic rings. The van der Waals surface area contributed by atoms with Crippen molar-refractivity contribution in [3.63, 3.8) is 0 Å². The van der Waals surface area contributed by atoms with Crippen molar-refractivity contribution in [1.29, 1.82) is 0 Å². The molecule has 3 nitrogen and oxygen atoms in total. The average Bonchev–Trinajstić information content (AvgIpc) is 2.92. The number of carbonyl (C=O) groups excluding carboxylic acids is 1. The maximum atomic E-state index is 12.5. The Morgan fingerprint density at radius 1 is 1.43 bits per heavy atom. The Morgan fingerprint density at radius 2 is 2.10 bits per heavy atom. The zero-order chi connectivity index (χ0) is 15.5. The Kier molecular flexibility index (Phi) is 5.08. The molecule has 1 saturated heterocycles. The molecule has 1 aliphatic heterocycles. The van der Waals surface area contributed by atoms with Gasteiger partial charge >= 0.3 is 0 Å². The van der Waals surface area contributed by atoms with Crippen molar-refractivity contribution < 1.29 is 9.90 Å². The summed E-state index contributed by atoms with van der Waals surface area (Å²) in [6.07, 6.45) is 2.16. The molecule has 2 rings (SSSR count). The maximum Gasteiger partial charge on any atom is 0.254 e. The highest BCUT2D eigenvalue weighted by atomic mass is 32.1. The molecule has 114 valence electrons. The number of hydrogen-bond donors (Lipinski definition) is 1. The van der Waals surface area contributed by atoms with Gasteiger partial charge in [-0.1, -0.05) is 32.6 Å². The minimum absolute atomic E-state index is 0.107. The smallest absolute Gasteiger partial charge is 0.254 e. The van der Waals surface area contributed by atoms with Crippen molar-refractivity contribution in [2.75, 3.05) is 19.7 Å². The van der Waals surface area contributed by atoms with E-state index in [9.17, 15) is 4.79 Å². The van der Waals surface area contributed by atoms with Gasteiger partial charge in [-0.3, -0.25) is 4.79 Å². The summed E-state index contributed by atoms with van der Waals surface area (Å²) in [5, 5.41) is 10.6. The first-order chi connectivity index (χ1) is 9.91. The lowest BCUT2D eigenvalue weighted by Crippen LogP contribution is -2.41. The van der Waals surface area contributed by atoms with Gasteiger partial charge in [0.15, 0.2) is 0 Å². The van der Waals surface area contributed by atoms with Gasteiger partial charge in [-0.15, -0.1) is 11.3 Å². The molecular formula is C17H23NO2S. The van der Waals surface area contributed by atoms with Crippen LogP contribution in [0.25, 0.3) is 0 Å². The molecule has 0 aromatic carbocycles. The highest BCUT2D eigenvalue weighted by Crippen LogP contribution is 2.34. The largest absolute Gasteiger partial charge is 0.384 e. The van der Waals surface area contributed by atoms with E-state index in [-0.39, 0.29) is 12.5 Å². The van der Waals surface area contributed by atoms with Crippen LogP contribution in [0.5, 0.6) is 0 Å². The number of hydrogen-bond acceptors (Lipinski definition) is 3. The van der Waals surface area contributed by atoms with Crippen molar-refractivity contribution in [1.82, 2.24) is 4.90 Å². The minimum atomic E-state index is -0.151. The van der Waals surface area contributed by atoms with E-state index in [1.165, 1.54) is 11.3 Å². The average molecular weight is 305 g/mol. The second kappa shape index (κ2) is 6.64. The molecule has 0 unspecified atom stereocenters. The summed E-state index contributed by atoms with van der Waals surface area (Å²) in [7, 11) is 0. The first-order valence-electron chi connectivity index (χ1n) is 7.39. The predicted octanol–water partition coefficient (Wildman–Crippen LogP) is 2.99. The molecule has 0 radical (unpaired) electrons. The van der Waals surface area contributed by atoms with Gasteiger partial charge in [-0.05, 0) is 30.2 Å². The molecule has 0 bridgehead atoms. The van der Waals surface area contributed by atoms with E-state index >= 15 is 0 Å². The van der Waals surface area contributed by atoms with Crippen LogP contribution < -0.4 is 0 Å². The SMILES string of the molecule is CC(C)(C)C1CCN(C(=O)c2csc(C#CCO)c2)CC1. The van der Waals surface area contributed by atoms with Crippen LogP contribution in [-0.2, 0) is 0 Å². The molecule has 0 atom stereocenters. The molecule has 1 N–H and O–H groups in total. The van der Waals surface area contributed by atoms with E-state index in [1.54, 1.807) is 0 Å². The summed E-state index contributed by atoms with van der Waals surface area (Å²) in [5.74, 6) is 6.25. The highest BCUT2D eigenvalue weighted by molar-refractivity contribution is 7.10. The van der Waals surface area contributed by atoms with Crippen LogP contribution in [-0.4, -0.2) is 35.6 Å². The highest BCUT2D eigenvalue weighted by Gasteiger charge is 2.30. The molecule has 0 saturated carbocycles. The number of nitrogens with zero attached hydrogens (tertiary/aromatic N) is 1. The summed E-state index contributed by atoms with van der Waals surface area (Å²) in [4.78, 5) is 15.3. The standard InChI is InChI=1S/C17H23NO2S/c1-17(2,3)14-6-8-18(9-7-14)16(20)13-11-15(21-12-13)5-4-10-19/h11-12,14,19H,6-10H2,1-3H3. The van der Waals surface area contributed by atoms with Gasteiger partial charge < -0.3 is 10.0 Å². The molecule has 2 heterocycles. The molecule has 4 heteroatoms. The monoisotopic (exact) mass is 305 g/mol. The van der Waals surface area contributed by atoms with Crippen LogP contribution in [0.1, 0.15) is 48.8 Å². The van der Waals surface area contributed by atoms with Crippen molar-refractivity contribution in [2.24, 2.45) is 11.3 Å². The number of aliphatic hydroxyl groups excluding tert-OH is 1. The number of thiophene rings is 1. The Labute approximate surface area is 131 Å². The number of likely N-dealkylation sites (tertiary alicyclic amines) is 1. The van der Waals surface area contributed by atoms with Crippen LogP contribution in [0.2, 0.25) is 0 Å². The number of amides is 1. The molecular weight excluding hydrogens is 282 g/mol. The van der Waals surface area contributed by atoms with Gasteiger partial charge in [0, 0.05) is 18.5 Å². The summed E-state index contributed by atoms with van der Waals surface area (Å²) in [5.41, 5.74) is 1.04. The van der Waals surface area contributed by atoms with Crippen LogP contribution in [0.4, 0.5) is 0 Å². The molecule has 21 heavy (non-hydrogen) atoms. The van der Waals surface area contributed by atoms with Crippen molar-refractivity contribution in [3.8, 4) is 11.8 Å². The normalized spacial score (nSPS) is 16.5. The maximum absolute atomic E-state index is 12.5. The molecule has 1 fully saturated rings. The number of carbonyl (C=O) groups is 1. The third-order valence-electron chi connectivity index (χ3n) is 4.14. The van der Waals surface area contributed by atoms with Crippen LogP contribution in [0.15, 0.2) is 11.4 Å². The van der Waals surface area contributed by atoms with Crippen molar-refractivity contribution in [2.45, 2.75) is 33.6 Å². The first kappa shape index (κ1) is 16.1. The van der Waals surface area contributed by atoms with Gasteiger partial charge in [0.2, 0.25) is 0 Å². The van der Waals surface area contributed by atoms with Gasteiger partial charge in [-0.2, -0.15) is 0 Å². The lowest BCUT2D eigenvalue weighted by Gasteiger charge is -2.38. The molecule has 1 amide bonds. The van der Waals surface area contributed by atoms with Gasteiger partial charge in [0.05, 0.1) is 10.4 Å². The van der Waals surface area contributed by atoms with E-state index in [1.807, 2.05) is 16.3 Å². The Balaban J connectivity index is 1.97. The summed E-state index contributed by atoms with van der Waals surface area (Å²) in [6.45, 7) is 8.37. The third-order valence-corrected chi connectivity index (χ3v) is 4.99. The predicted molar refractivity (Wildman–Crippen MR) is 86.4 cm³/mol. The van der Waals surface area contributed by atoms with Crippen LogP contribution in [0.3, 0.4) is 0 Å². The Hall–Kier alpha value is -1.31. The molecule has 0 spiro atoms. The summed E-state index contributed by atoms with van der Waals surface area (Å²) < 4.78 is 0. The zero-order valence-electron chi connectivity index (χ0n) is 13.0. The first-order valence-corrected chi connectivity index (χ1v) is 8.27. The molecule has 1 aliphatic rings. The fourth-order valence-electron chi connectivity index (χ4n) is 2.77. The van der Waals surface area contributed by atoms with E-state index in [4.69, 9.17) is 5.11 Å². The lowest BCUT2D eigenvalue weighted by atomic mass is 9.75. The van der Waals surface area contributed by atoms with Gasteiger partial charge in [0.25, 0.3) is 5.91 Å². The summed E-state index contributed by atoms with van der Waals surface area (Å²) in [6, 6.07) is 1.82. The fraction of sp³-hybridized carbons (Fsp3) is 0.588. The zero-order valence-corrected chi connectivity index (χ0v) is 13.8. The van der Waals surface area contributed by atoms with Crippen molar-refractivity contribution >= 4 is 17.2 Å². The topological polar surface area (TPSA) is 40.5 Å². The lowest BCUT2D eigenvalue weighted by molar-refractivity contribution is 0.0609. The fourth-order valence-corrected chi connectivity index (χ4v) is 3.52. The van der Waals surface area contributed by atoms with Gasteiger partial charge in [-0.25, -0.2) is 0 Å². The quantitative estimate of drug-likeness (QED) is 0.810. The van der Waals surface area contributed by atoms with Crippen LogP contribution >= 0.6 is 11.3 Å². The molecule has 1 aromatic heterocycles. The second-order valence-corrected chi connectivity index (χ2v) is 7.50. The second-order valence-electron chi connectivity index (χ2n) is 6.59. The molecule has 0 aliphatic carbocycles. The number of piperidine rings is 1. The number of rotatable bonds is 1. The third kappa shape index (κ3) is 4.09.